The number of anilines is 1. The van der Waals surface area contributed by atoms with E-state index in [4.69, 9.17) is 4.42 Å². The maximum atomic E-state index is 13.1. The van der Waals surface area contributed by atoms with Crippen molar-refractivity contribution in [3.63, 3.8) is 0 Å². The number of rotatable bonds is 6. The van der Waals surface area contributed by atoms with Gasteiger partial charge in [-0.1, -0.05) is 12.1 Å². The summed E-state index contributed by atoms with van der Waals surface area (Å²) in [5.74, 6) is -0.237. The van der Waals surface area contributed by atoms with E-state index in [9.17, 15) is 14.7 Å². The third kappa shape index (κ3) is 3.50. The summed E-state index contributed by atoms with van der Waals surface area (Å²) in [6.07, 6.45) is 4.72. The largest absolute Gasteiger partial charge is 0.506 e. The quantitative estimate of drug-likeness (QED) is 0.489. The number of hydrogen-bond donors (Lipinski definition) is 2. The molecule has 0 radical (unpaired) electrons. The summed E-state index contributed by atoms with van der Waals surface area (Å²) in [5, 5.41) is 14.3. The van der Waals surface area contributed by atoms with Crippen molar-refractivity contribution >= 4 is 22.4 Å². The molecule has 0 aliphatic rings. The molecule has 0 aliphatic carbocycles. The van der Waals surface area contributed by atoms with Gasteiger partial charge in [0.1, 0.15) is 17.1 Å². The molecule has 4 aromatic rings. The molecule has 0 amide bonds. The molecule has 0 aliphatic heterocycles. The number of fused-ring (bicyclic) bond motifs is 1. The van der Waals surface area contributed by atoms with Gasteiger partial charge >= 0.3 is 0 Å². The Morgan fingerprint density at radius 3 is 2.76 bits per heavy atom. The standard InChI is InChI=1S/C22H19N3O4/c1-25-17-8-3-2-7-15(17)21(27)20(22(25)28)18(26)12-16(19-9-5-11-29-19)24-14-6-4-10-23-13-14/h2-11,13,16,24,27H,12H2,1H3/t16-/m1/s1. The number of nitrogens with zero attached hydrogens (tertiary/aromatic N) is 2. The van der Waals surface area contributed by atoms with Gasteiger partial charge < -0.3 is 19.4 Å². The fourth-order valence-electron chi connectivity index (χ4n) is 3.38. The highest BCUT2D eigenvalue weighted by Crippen LogP contribution is 2.29. The van der Waals surface area contributed by atoms with Crippen LogP contribution in [0.25, 0.3) is 10.9 Å². The zero-order valence-corrected chi connectivity index (χ0v) is 15.7. The summed E-state index contributed by atoms with van der Waals surface area (Å²) >= 11 is 0. The van der Waals surface area contributed by atoms with Gasteiger partial charge in [0.15, 0.2) is 5.78 Å². The Hall–Kier alpha value is -3.87. The number of carbonyl (C=O) groups is 1. The lowest BCUT2D eigenvalue weighted by Gasteiger charge is -2.18. The molecule has 0 bridgehead atoms. The molecular weight excluding hydrogens is 370 g/mol. The third-order valence-electron chi connectivity index (χ3n) is 4.83. The summed E-state index contributed by atoms with van der Waals surface area (Å²) < 4.78 is 6.85. The van der Waals surface area contributed by atoms with Crippen LogP contribution in [0, 0.1) is 0 Å². The molecule has 4 rings (SSSR count). The first-order valence-electron chi connectivity index (χ1n) is 9.10. The predicted molar refractivity (Wildman–Crippen MR) is 109 cm³/mol. The Morgan fingerprint density at radius 2 is 2.03 bits per heavy atom. The zero-order chi connectivity index (χ0) is 20.4. The van der Waals surface area contributed by atoms with Crippen LogP contribution in [-0.4, -0.2) is 20.4 Å². The number of nitrogens with one attached hydrogen (secondary N) is 1. The van der Waals surface area contributed by atoms with Crippen LogP contribution in [0.5, 0.6) is 5.75 Å². The Labute approximate surface area is 166 Å². The smallest absolute Gasteiger partial charge is 0.265 e. The highest BCUT2D eigenvalue weighted by Gasteiger charge is 2.25. The average molecular weight is 389 g/mol. The summed E-state index contributed by atoms with van der Waals surface area (Å²) in [6, 6.07) is 13.5. The fraction of sp³-hybridized carbons (Fsp3) is 0.136. The van der Waals surface area contributed by atoms with Gasteiger partial charge in [-0.25, -0.2) is 0 Å². The van der Waals surface area contributed by atoms with Crippen molar-refractivity contribution in [1.29, 1.82) is 0 Å². The molecule has 1 atom stereocenters. The summed E-state index contributed by atoms with van der Waals surface area (Å²) in [5.41, 5.74) is 0.501. The normalized spacial score (nSPS) is 12.0. The molecule has 29 heavy (non-hydrogen) atoms. The maximum Gasteiger partial charge on any atom is 0.265 e. The lowest BCUT2D eigenvalue weighted by molar-refractivity contribution is 0.0969. The summed E-state index contributed by atoms with van der Waals surface area (Å²) in [4.78, 5) is 30.0. The number of aromatic nitrogens is 2. The maximum absolute atomic E-state index is 13.1. The van der Waals surface area contributed by atoms with Crippen LogP contribution in [0.3, 0.4) is 0 Å². The first-order valence-corrected chi connectivity index (χ1v) is 9.10. The van der Waals surface area contributed by atoms with Crippen LogP contribution in [0.4, 0.5) is 5.69 Å². The summed E-state index contributed by atoms with van der Waals surface area (Å²) in [7, 11) is 1.58. The van der Waals surface area contributed by atoms with Gasteiger partial charge in [-0.3, -0.25) is 14.6 Å². The monoisotopic (exact) mass is 389 g/mol. The predicted octanol–water partition coefficient (Wildman–Crippen LogP) is 3.66. The number of furan rings is 1. The Bertz CT molecular complexity index is 1210. The van der Waals surface area contributed by atoms with Gasteiger partial charge in [-0.15, -0.1) is 0 Å². The van der Waals surface area contributed by atoms with Gasteiger partial charge in [-0.05, 0) is 36.4 Å². The number of Topliss-reactive ketones (excluding diaryl/α,β-unsaturated/α-hetero) is 1. The fourth-order valence-corrected chi connectivity index (χ4v) is 3.38. The number of para-hydroxylation sites is 1. The Balaban J connectivity index is 1.72. The van der Waals surface area contributed by atoms with Crippen molar-refractivity contribution in [2.75, 3.05) is 5.32 Å². The van der Waals surface area contributed by atoms with E-state index in [0.29, 0.717) is 22.4 Å². The molecule has 0 spiro atoms. The van der Waals surface area contributed by atoms with Crippen LogP contribution in [0.2, 0.25) is 0 Å². The van der Waals surface area contributed by atoms with Gasteiger partial charge in [0, 0.05) is 31.2 Å². The van der Waals surface area contributed by atoms with E-state index < -0.39 is 17.4 Å². The SMILES string of the molecule is Cn1c(=O)c(C(=O)C[C@@H](Nc2cccnc2)c2ccco2)c(O)c2ccccc21. The van der Waals surface area contributed by atoms with E-state index in [1.165, 1.54) is 10.8 Å². The number of carbonyl (C=O) groups excluding carboxylic acids is 1. The second-order valence-electron chi connectivity index (χ2n) is 6.69. The van der Waals surface area contributed by atoms with Crippen LogP contribution in [-0.2, 0) is 7.05 Å². The van der Waals surface area contributed by atoms with Gasteiger partial charge in [0.05, 0.1) is 23.5 Å². The van der Waals surface area contributed by atoms with E-state index in [1.807, 2.05) is 6.07 Å². The number of benzene rings is 1. The van der Waals surface area contributed by atoms with Crippen molar-refractivity contribution in [3.05, 3.63) is 88.9 Å². The lowest BCUT2D eigenvalue weighted by Crippen LogP contribution is -2.26. The molecule has 7 heteroatoms. The first kappa shape index (κ1) is 18.5. The van der Waals surface area contributed by atoms with Crippen molar-refractivity contribution in [2.45, 2.75) is 12.5 Å². The number of hydrogen-bond acceptors (Lipinski definition) is 6. The minimum atomic E-state index is -0.536. The van der Waals surface area contributed by atoms with Crippen molar-refractivity contribution in [1.82, 2.24) is 9.55 Å². The minimum Gasteiger partial charge on any atom is -0.506 e. The molecule has 0 saturated carbocycles. The summed E-state index contributed by atoms with van der Waals surface area (Å²) in [6.45, 7) is 0. The second kappa shape index (κ2) is 7.63. The third-order valence-corrected chi connectivity index (χ3v) is 4.83. The van der Waals surface area contributed by atoms with Crippen molar-refractivity contribution in [3.8, 4) is 5.75 Å². The number of ketones is 1. The van der Waals surface area contributed by atoms with E-state index in [2.05, 4.69) is 10.3 Å². The van der Waals surface area contributed by atoms with Gasteiger partial charge in [0.25, 0.3) is 5.56 Å². The molecule has 0 saturated heterocycles. The first-order chi connectivity index (χ1) is 14.1. The van der Waals surface area contributed by atoms with Gasteiger partial charge in [-0.2, -0.15) is 0 Å². The topological polar surface area (TPSA) is 97.4 Å². The van der Waals surface area contributed by atoms with Crippen LogP contribution in [0.1, 0.15) is 28.6 Å². The lowest BCUT2D eigenvalue weighted by atomic mass is 10.00. The Morgan fingerprint density at radius 1 is 1.21 bits per heavy atom. The van der Waals surface area contributed by atoms with E-state index in [0.717, 1.165) is 0 Å². The molecule has 3 heterocycles. The van der Waals surface area contributed by atoms with Crippen LogP contribution in [0.15, 0.2) is 76.4 Å². The molecule has 0 fully saturated rings. The molecule has 3 aromatic heterocycles. The number of aryl methyl sites for hydroxylation is 1. The molecular formula is C22H19N3O4. The van der Waals surface area contributed by atoms with Gasteiger partial charge in [0.2, 0.25) is 0 Å². The molecule has 1 aromatic carbocycles. The highest BCUT2D eigenvalue weighted by molar-refractivity contribution is 6.03. The van der Waals surface area contributed by atoms with E-state index in [1.54, 1.807) is 61.9 Å². The van der Waals surface area contributed by atoms with Crippen LogP contribution >= 0.6 is 0 Å². The van der Waals surface area contributed by atoms with Crippen molar-refractivity contribution < 1.29 is 14.3 Å². The zero-order valence-electron chi connectivity index (χ0n) is 15.7. The molecule has 146 valence electrons. The van der Waals surface area contributed by atoms with E-state index in [-0.39, 0.29) is 17.7 Å². The van der Waals surface area contributed by atoms with E-state index >= 15 is 0 Å². The minimum absolute atomic E-state index is 0.0798. The number of aromatic hydroxyl groups is 1. The van der Waals surface area contributed by atoms with Crippen LogP contribution < -0.4 is 10.9 Å². The highest BCUT2D eigenvalue weighted by atomic mass is 16.3. The molecule has 7 nitrogen and oxygen atoms in total. The molecule has 0 unspecified atom stereocenters. The average Bonchev–Trinajstić information content (AvgIpc) is 3.27. The number of pyridine rings is 2. The Kier molecular flexibility index (Phi) is 4.87. The second-order valence-corrected chi connectivity index (χ2v) is 6.69. The molecule has 2 N–H and O–H groups in total. The van der Waals surface area contributed by atoms with Crippen molar-refractivity contribution in [2.24, 2.45) is 7.05 Å².